The Balaban J connectivity index is -0.000000180. The Morgan fingerprint density at radius 2 is 1.22 bits per heavy atom. The Morgan fingerprint density at radius 3 is 1.22 bits per heavy atom. The lowest BCUT2D eigenvalue weighted by Gasteiger charge is -2.15. The third-order valence-corrected chi connectivity index (χ3v) is 3.32. The molecule has 0 heterocycles. The minimum Gasteiger partial charge on any atom is -0.333 e. The lowest BCUT2D eigenvalue weighted by Crippen LogP contribution is -2.44. The molecule has 0 aliphatic heterocycles. The summed E-state index contributed by atoms with van der Waals surface area (Å²) in [6, 6.07) is 0. The highest BCUT2D eigenvalue weighted by Crippen LogP contribution is 1.92. The summed E-state index contributed by atoms with van der Waals surface area (Å²) in [4.78, 5) is 0. The van der Waals surface area contributed by atoms with Crippen molar-refractivity contribution in [2.75, 3.05) is 12.3 Å². The summed E-state index contributed by atoms with van der Waals surface area (Å²) in [5.41, 5.74) is 10.8. The average Bonchev–Trinajstić information content (AvgIpc) is 1.68. The second-order valence-electron chi connectivity index (χ2n) is 2.57. The van der Waals surface area contributed by atoms with Crippen molar-refractivity contribution < 1.29 is 0 Å². The van der Waals surface area contributed by atoms with Gasteiger partial charge in [-0.15, -0.1) is 24.8 Å². The van der Waals surface area contributed by atoms with Gasteiger partial charge in [0.1, 0.15) is 0 Å². The average molecular weight is 191 g/mol. The molecule has 0 saturated heterocycles. The van der Waals surface area contributed by atoms with E-state index in [1.54, 1.807) is 0 Å². The molecule has 0 aliphatic rings. The van der Waals surface area contributed by atoms with Crippen LogP contribution in [-0.2, 0) is 0 Å². The fourth-order valence-electron chi connectivity index (χ4n) is 0.0833. The Hall–Kier alpha value is 0.717. The maximum absolute atomic E-state index is 5.40. The van der Waals surface area contributed by atoms with Crippen LogP contribution >= 0.6 is 24.8 Å². The van der Waals surface area contributed by atoms with E-state index in [0.717, 1.165) is 12.3 Å². The summed E-state index contributed by atoms with van der Waals surface area (Å²) in [5, 5.41) is 0. The third kappa shape index (κ3) is 8.72. The molecule has 0 aromatic carbocycles. The molecule has 0 bridgehead atoms. The van der Waals surface area contributed by atoms with Crippen LogP contribution in [0.1, 0.15) is 0 Å². The molecule has 0 unspecified atom stereocenters. The van der Waals surface area contributed by atoms with Crippen LogP contribution in [0.4, 0.5) is 0 Å². The van der Waals surface area contributed by atoms with Gasteiger partial charge in [0.15, 0.2) is 0 Å². The number of halogens is 2. The van der Waals surface area contributed by atoms with E-state index in [-0.39, 0.29) is 24.8 Å². The highest BCUT2D eigenvalue weighted by molar-refractivity contribution is 6.77. The van der Waals surface area contributed by atoms with Gasteiger partial charge < -0.3 is 11.5 Å². The molecule has 0 spiro atoms. The van der Waals surface area contributed by atoms with Crippen LogP contribution in [0.25, 0.3) is 0 Å². The van der Waals surface area contributed by atoms with Crippen LogP contribution in [0, 0.1) is 0 Å². The van der Waals surface area contributed by atoms with Gasteiger partial charge >= 0.3 is 0 Å². The first-order chi connectivity index (χ1) is 3.12. The lowest BCUT2D eigenvalue weighted by molar-refractivity contribution is 1.20. The number of hydrogen-bond donors (Lipinski definition) is 2. The molecule has 4 N–H and O–H groups in total. The molecule has 0 aromatic heterocycles. The van der Waals surface area contributed by atoms with Crippen molar-refractivity contribution in [3.05, 3.63) is 0 Å². The van der Waals surface area contributed by atoms with Gasteiger partial charge in [0.25, 0.3) is 0 Å². The van der Waals surface area contributed by atoms with Crippen LogP contribution in [0.2, 0.25) is 13.1 Å². The Kier molecular flexibility index (Phi) is 12.4. The van der Waals surface area contributed by atoms with Crippen LogP contribution in [0.3, 0.4) is 0 Å². The van der Waals surface area contributed by atoms with E-state index >= 15 is 0 Å². The van der Waals surface area contributed by atoms with Crippen molar-refractivity contribution in [1.29, 1.82) is 0 Å². The zero-order valence-corrected chi connectivity index (χ0v) is 8.52. The first-order valence-electron chi connectivity index (χ1n) is 2.52. The summed E-state index contributed by atoms with van der Waals surface area (Å²) in [5.74, 6) is 0. The maximum Gasteiger partial charge on any atom is 0.0766 e. The molecule has 60 valence electrons. The van der Waals surface area contributed by atoms with E-state index in [9.17, 15) is 0 Å². The quantitative estimate of drug-likeness (QED) is 0.626. The highest BCUT2D eigenvalue weighted by Gasteiger charge is 2.14. The van der Waals surface area contributed by atoms with Crippen molar-refractivity contribution in [1.82, 2.24) is 0 Å². The van der Waals surface area contributed by atoms with Crippen LogP contribution < -0.4 is 11.5 Å². The monoisotopic (exact) mass is 190 g/mol. The van der Waals surface area contributed by atoms with E-state index in [4.69, 9.17) is 11.5 Å². The lowest BCUT2D eigenvalue weighted by atomic mass is 11.5. The fraction of sp³-hybridized carbons (Fsp3) is 1.00. The summed E-state index contributed by atoms with van der Waals surface area (Å²) < 4.78 is 0. The van der Waals surface area contributed by atoms with E-state index in [1.165, 1.54) is 0 Å². The van der Waals surface area contributed by atoms with Crippen LogP contribution in [0.5, 0.6) is 0 Å². The first-order valence-corrected chi connectivity index (χ1v) is 5.94. The van der Waals surface area contributed by atoms with Crippen molar-refractivity contribution in [2.45, 2.75) is 13.1 Å². The summed E-state index contributed by atoms with van der Waals surface area (Å²) in [6.07, 6.45) is 1.62. The standard InChI is InChI=1S/C4H14N2Si.2ClH/c1-7(2,3-5)4-6;;/h3-6H2,1-2H3;2*1H. The molecule has 0 fully saturated rings. The SMILES string of the molecule is C[Si](C)(CN)CN.Cl.Cl. The van der Waals surface area contributed by atoms with E-state index in [2.05, 4.69) is 13.1 Å². The Labute approximate surface area is 70.2 Å². The highest BCUT2D eigenvalue weighted by atomic mass is 35.5. The van der Waals surface area contributed by atoms with E-state index < -0.39 is 8.07 Å². The summed E-state index contributed by atoms with van der Waals surface area (Å²) in [7, 11) is -1.10. The number of nitrogens with two attached hydrogens (primary N) is 2. The molecule has 0 radical (unpaired) electrons. The van der Waals surface area contributed by atoms with Gasteiger partial charge in [-0.2, -0.15) is 0 Å². The van der Waals surface area contributed by atoms with Crippen LogP contribution in [-0.4, -0.2) is 20.4 Å². The van der Waals surface area contributed by atoms with E-state index in [1.807, 2.05) is 0 Å². The van der Waals surface area contributed by atoms with Crippen molar-refractivity contribution >= 4 is 32.9 Å². The predicted molar refractivity (Wildman–Crippen MR) is 50.1 cm³/mol. The molecule has 0 amide bonds. The summed E-state index contributed by atoms with van der Waals surface area (Å²) >= 11 is 0. The zero-order chi connectivity index (χ0) is 5.91. The van der Waals surface area contributed by atoms with Gasteiger partial charge in [-0.3, -0.25) is 0 Å². The van der Waals surface area contributed by atoms with Gasteiger partial charge in [-0.25, -0.2) is 0 Å². The Morgan fingerprint density at radius 1 is 1.00 bits per heavy atom. The molecular formula is C4H16Cl2N2Si. The molecule has 0 aliphatic carbocycles. The van der Waals surface area contributed by atoms with Crippen molar-refractivity contribution in [3.63, 3.8) is 0 Å². The maximum atomic E-state index is 5.40. The van der Waals surface area contributed by atoms with Gasteiger partial charge in [0, 0.05) is 0 Å². The topological polar surface area (TPSA) is 52.0 Å². The molecule has 0 saturated carbocycles. The molecular weight excluding hydrogens is 175 g/mol. The predicted octanol–water partition coefficient (Wildman–Crippen LogP) is 0.534. The normalized spacial score (nSPS) is 9.33. The van der Waals surface area contributed by atoms with Gasteiger partial charge in [0.05, 0.1) is 8.07 Å². The smallest absolute Gasteiger partial charge is 0.0766 e. The second kappa shape index (κ2) is 6.83. The largest absolute Gasteiger partial charge is 0.333 e. The number of hydrogen-bond acceptors (Lipinski definition) is 2. The molecule has 2 nitrogen and oxygen atoms in total. The molecule has 9 heavy (non-hydrogen) atoms. The third-order valence-electron chi connectivity index (χ3n) is 1.11. The Bertz CT molecular complexity index is 54.5. The summed E-state index contributed by atoms with van der Waals surface area (Å²) in [6.45, 7) is 4.38. The molecule has 0 aromatic rings. The van der Waals surface area contributed by atoms with Crippen molar-refractivity contribution in [2.24, 2.45) is 11.5 Å². The van der Waals surface area contributed by atoms with E-state index in [0.29, 0.717) is 0 Å². The second-order valence-corrected chi connectivity index (χ2v) is 7.72. The minimum absolute atomic E-state index is 0. The number of rotatable bonds is 2. The van der Waals surface area contributed by atoms with Crippen molar-refractivity contribution in [3.8, 4) is 0 Å². The van der Waals surface area contributed by atoms with Gasteiger partial charge in [-0.1, -0.05) is 13.1 Å². The first kappa shape index (κ1) is 16.4. The molecule has 0 atom stereocenters. The van der Waals surface area contributed by atoms with Gasteiger partial charge in [-0.05, 0) is 12.3 Å². The fourth-order valence-corrected chi connectivity index (χ4v) is 0.250. The minimum atomic E-state index is -1.10. The zero-order valence-electron chi connectivity index (χ0n) is 5.89. The molecule has 0 rings (SSSR count). The van der Waals surface area contributed by atoms with Gasteiger partial charge in [0.2, 0.25) is 0 Å². The molecule has 5 heteroatoms. The van der Waals surface area contributed by atoms with Crippen LogP contribution in [0.15, 0.2) is 0 Å².